The summed E-state index contributed by atoms with van der Waals surface area (Å²) in [6.07, 6.45) is 2.17. The van der Waals surface area contributed by atoms with E-state index in [4.69, 9.17) is 15.2 Å². The number of ether oxygens (including phenoxy) is 2. The summed E-state index contributed by atoms with van der Waals surface area (Å²) in [6.45, 7) is -0.398. The minimum atomic E-state index is -0.881. The van der Waals surface area contributed by atoms with Crippen molar-refractivity contribution in [3.8, 4) is 5.75 Å². The highest BCUT2D eigenvalue weighted by Gasteiger charge is 2.30. The first kappa shape index (κ1) is 17.4. The summed E-state index contributed by atoms with van der Waals surface area (Å²) in [5, 5.41) is 0. The Kier molecular flexibility index (Phi) is 5.66. The first-order valence-corrected chi connectivity index (χ1v) is 8.48. The third kappa shape index (κ3) is 4.57. The van der Waals surface area contributed by atoms with Crippen molar-refractivity contribution in [1.29, 1.82) is 0 Å². The van der Waals surface area contributed by atoms with Crippen LogP contribution >= 0.6 is 0 Å². The van der Waals surface area contributed by atoms with Crippen LogP contribution in [0.25, 0.3) is 0 Å². The Hall–Kier alpha value is -2.40. The predicted octanol–water partition coefficient (Wildman–Crippen LogP) is 3.66. The van der Waals surface area contributed by atoms with E-state index < -0.39 is 18.7 Å². The van der Waals surface area contributed by atoms with Crippen molar-refractivity contribution in [2.75, 3.05) is 13.3 Å². The summed E-state index contributed by atoms with van der Waals surface area (Å²) in [7, 11) is 0. The maximum absolute atomic E-state index is 12.4. The molecule has 0 amide bonds. The number of hydrogen-bond acceptors (Lipinski definition) is 4. The van der Waals surface area contributed by atoms with Crippen LogP contribution in [-0.4, -0.2) is 19.3 Å². The molecule has 2 aromatic carbocycles. The summed E-state index contributed by atoms with van der Waals surface area (Å²) < 4.78 is 23.0. The first-order chi connectivity index (χ1) is 12.2. The van der Waals surface area contributed by atoms with Gasteiger partial charge in [-0.1, -0.05) is 36.4 Å². The normalized spacial score (nSPS) is 14.8. The minimum Gasteiger partial charge on any atom is -0.491 e. The number of carbonyl (C=O) groups excluding carboxylic acids is 1. The number of hydrogen-bond donors (Lipinski definition) is 1. The Balaban J connectivity index is 1.72. The smallest absolute Gasteiger partial charge is 0.327 e. The van der Waals surface area contributed by atoms with Crippen molar-refractivity contribution in [3.63, 3.8) is 0 Å². The van der Waals surface area contributed by atoms with Crippen LogP contribution < -0.4 is 10.5 Å². The fourth-order valence-electron chi connectivity index (χ4n) is 2.78. The summed E-state index contributed by atoms with van der Waals surface area (Å²) in [6, 6.07) is 14.0. The summed E-state index contributed by atoms with van der Waals surface area (Å²) in [5.74, 6) is 0.468. The maximum atomic E-state index is 12.4. The van der Waals surface area contributed by atoms with Crippen LogP contribution in [-0.2, 0) is 16.1 Å². The second kappa shape index (κ2) is 8.12. The molecular weight excluding hydrogens is 321 g/mol. The number of benzene rings is 2. The van der Waals surface area contributed by atoms with Gasteiger partial charge in [-0.3, -0.25) is 0 Å². The van der Waals surface area contributed by atoms with E-state index in [1.54, 1.807) is 12.1 Å². The zero-order valence-corrected chi connectivity index (χ0v) is 14.0. The molecule has 0 aromatic heterocycles. The molecule has 0 aliphatic heterocycles. The van der Waals surface area contributed by atoms with Gasteiger partial charge in [-0.15, -0.1) is 0 Å². The van der Waals surface area contributed by atoms with Gasteiger partial charge in [0.25, 0.3) is 0 Å². The quantitative estimate of drug-likeness (QED) is 0.743. The Morgan fingerprint density at radius 1 is 1.20 bits per heavy atom. The fourth-order valence-corrected chi connectivity index (χ4v) is 2.78. The molecule has 0 heterocycles. The fraction of sp³-hybridized carbons (Fsp3) is 0.350. The largest absolute Gasteiger partial charge is 0.491 e. The van der Waals surface area contributed by atoms with Crippen molar-refractivity contribution in [2.45, 2.75) is 31.4 Å². The molecule has 5 heteroatoms. The molecule has 1 atom stereocenters. The van der Waals surface area contributed by atoms with E-state index in [-0.39, 0.29) is 13.2 Å². The minimum absolute atomic E-state index is 0.0179. The average molecular weight is 343 g/mol. The molecule has 132 valence electrons. The van der Waals surface area contributed by atoms with Gasteiger partial charge in [0, 0.05) is 0 Å². The molecule has 1 saturated carbocycles. The van der Waals surface area contributed by atoms with Gasteiger partial charge in [0.2, 0.25) is 0 Å². The van der Waals surface area contributed by atoms with Gasteiger partial charge >= 0.3 is 5.97 Å². The van der Waals surface area contributed by atoms with Gasteiger partial charge < -0.3 is 15.2 Å². The molecule has 25 heavy (non-hydrogen) atoms. The lowest BCUT2D eigenvalue weighted by atomic mass is 9.97. The highest BCUT2D eigenvalue weighted by Crippen LogP contribution is 2.43. The van der Waals surface area contributed by atoms with Crippen LogP contribution in [0.4, 0.5) is 4.39 Å². The van der Waals surface area contributed by atoms with Crippen LogP contribution in [0.1, 0.15) is 41.5 Å². The van der Waals surface area contributed by atoms with Gasteiger partial charge in [0.05, 0.1) is 0 Å². The van der Waals surface area contributed by atoms with Crippen molar-refractivity contribution >= 4 is 5.97 Å². The Labute approximate surface area is 146 Å². The van der Waals surface area contributed by atoms with Crippen LogP contribution in [0.15, 0.2) is 48.5 Å². The van der Waals surface area contributed by atoms with E-state index in [0.29, 0.717) is 17.2 Å². The second-order valence-electron chi connectivity index (χ2n) is 6.17. The zero-order chi connectivity index (χ0) is 17.6. The van der Waals surface area contributed by atoms with Crippen molar-refractivity contribution in [2.24, 2.45) is 5.73 Å². The lowest BCUT2D eigenvalue weighted by Gasteiger charge is -2.17. The van der Waals surface area contributed by atoms with Crippen molar-refractivity contribution in [3.05, 3.63) is 65.2 Å². The predicted molar refractivity (Wildman–Crippen MR) is 93.1 cm³/mol. The Bertz CT molecular complexity index is 716. The highest BCUT2D eigenvalue weighted by molar-refractivity contribution is 5.78. The number of esters is 1. The average Bonchev–Trinajstić information content (AvgIpc) is 3.49. The zero-order valence-electron chi connectivity index (χ0n) is 14.0. The number of rotatable bonds is 8. The molecule has 0 saturated heterocycles. The number of carbonyl (C=O) groups is 1. The van der Waals surface area contributed by atoms with Crippen molar-refractivity contribution < 1.29 is 18.7 Å². The van der Waals surface area contributed by atoms with Gasteiger partial charge in [0.1, 0.15) is 31.7 Å². The molecule has 1 aliphatic carbocycles. The standard InChI is InChI=1S/C20H22FNO3/c21-10-11-24-16-8-9-17(15-6-7-15)18(12-16)19(22)20(23)25-13-14-4-2-1-3-5-14/h1-5,8-9,12,15,19H,6-7,10-11,13,22H2. The van der Waals surface area contributed by atoms with E-state index >= 15 is 0 Å². The SMILES string of the molecule is NC(C(=O)OCc1ccccc1)c1cc(OCCF)ccc1C1CC1. The molecule has 0 bridgehead atoms. The molecule has 1 fully saturated rings. The lowest BCUT2D eigenvalue weighted by molar-refractivity contribution is -0.146. The topological polar surface area (TPSA) is 61.6 Å². The lowest BCUT2D eigenvalue weighted by Crippen LogP contribution is -2.25. The number of alkyl halides is 1. The van der Waals surface area contributed by atoms with E-state index in [0.717, 1.165) is 24.0 Å². The molecule has 2 aromatic rings. The molecule has 3 rings (SSSR count). The van der Waals surface area contributed by atoms with E-state index in [9.17, 15) is 9.18 Å². The number of nitrogens with two attached hydrogens (primary N) is 1. The Morgan fingerprint density at radius 3 is 2.64 bits per heavy atom. The van der Waals surface area contributed by atoms with E-state index in [2.05, 4.69) is 0 Å². The molecule has 0 radical (unpaired) electrons. The van der Waals surface area contributed by atoms with Crippen LogP contribution in [0.3, 0.4) is 0 Å². The molecule has 1 unspecified atom stereocenters. The van der Waals surface area contributed by atoms with Crippen LogP contribution in [0.5, 0.6) is 5.75 Å². The summed E-state index contributed by atoms with van der Waals surface area (Å²) in [5.41, 5.74) is 8.83. The van der Waals surface area contributed by atoms with Gasteiger partial charge in [0.15, 0.2) is 0 Å². The third-order valence-corrected chi connectivity index (χ3v) is 4.23. The van der Waals surface area contributed by atoms with Gasteiger partial charge in [-0.25, -0.2) is 9.18 Å². The molecule has 0 spiro atoms. The number of halogens is 1. The maximum Gasteiger partial charge on any atom is 0.327 e. The summed E-state index contributed by atoms with van der Waals surface area (Å²) in [4.78, 5) is 12.4. The third-order valence-electron chi connectivity index (χ3n) is 4.23. The highest BCUT2D eigenvalue weighted by atomic mass is 19.1. The molecule has 2 N–H and O–H groups in total. The van der Waals surface area contributed by atoms with E-state index in [1.807, 2.05) is 36.4 Å². The van der Waals surface area contributed by atoms with Crippen LogP contribution in [0, 0.1) is 0 Å². The molecule has 4 nitrogen and oxygen atoms in total. The first-order valence-electron chi connectivity index (χ1n) is 8.48. The van der Waals surface area contributed by atoms with Gasteiger partial charge in [-0.05, 0) is 47.6 Å². The molecular formula is C20H22FNO3. The second-order valence-corrected chi connectivity index (χ2v) is 6.17. The Morgan fingerprint density at radius 2 is 1.96 bits per heavy atom. The monoisotopic (exact) mass is 343 g/mol. The van der Waals surface area contributed by atoms with E-state index in [1.165, 1.54) is 0 Å². The molecule has 1 aliphatic rings. The summed E-state index contributed by atoms with van der Waals surface area (Å²) >= 11 is 0. The van der Waals surface area contributed by atoms with Crippen LogP contribution in [0.2, 0.25) is 0 Å². The van der Waals surface area contributed by atoms with Crippen molar-refractivity contribution in [1.82, 2.24) is 0 Å². The van der Waals surface area contributed by atoms with Gasteiger partial charge in [-0.2, -0.15) is 0 Å².